The Balaban J connectivity index is 2.75. The molecule has 0 aromatic heterocycles. The first-order valence-electron chi connectivity index (χ1n) is 4.24. The molecule has 0 aliphatic carbocycles. The van der Waals surface area contributed by atoms with Crippen molar-refractivity contribution in [3.63, 3.8) is 0 Å². The van der Waals surface area contributed by atoms with Crippen LogP contribution >= 0.6 is 0 Å². The molecule has 0 fully saturated rings. The largest absolute Gasteiger partial charge is 0.464 e. The van der Waals surface area contributed by atoms with Crippen LogP contribution in [0.25, 0.3) is 0 Å². The molecule has 0 bridgehead atoms. The van der Waals surface area contributed by atoms with Crippen LogP contribution in [-0.2, 0) is 9.53 Å². The van der Waals surface area contributed by atoms with E-state index in [4.69, 9.17) is 10.5 Å². The van der Waals surface area contributed by atoms with Crippen molar-refractivity contribution in [2.24, 2.45) is 5.73 Å². The highest BCUT2D eigenvalue weighted by molar-refractivity contribution is 5.84. The summed E-state index contributed by atoms with van der Waals surface area (Å²) in [7, 11) is 0. The van der Waals surface area contributed by atoms with Gasteiger partial charge in [0.15, 0.2) is 5.54 Å². The number of carbonyl (C=O) groups excluding carboxylic acids is 1. The summed E-state index contributed by atoms with van der Waals surface area (Å²) in [5, 5.41) is 2.90. The Morgan fingerprint density at radius 1 is 1.62 bits per heavy atom. The molecule has 3 N–H and O–H groups in total. The van der Waals surface area contributed by atoms with Crippen LogP contribution in [0.2, 0.25) is 0 Å². The fourth-order valence-electron chi connectivity index (χ4n) is 1.12. The van der Waals surface area contributed by atoms with Gasteiger partial charge in [0, 0.05) is 6.54 Å². The second-order valence-corrected chi connectivity index (χ2v) is 2.76. The maximum absolute atomic E-state index is 11.5. The van der Waals surface area contributed by atoms with E-state index in [0.717, 1.165) is 0 Å². The fourth-order valence-corrected chi connectivity index (χ4v) is 1.12. The highest BCUT2D eigenvalue weighted by Crippen LogP contribution is 2.11. The van der Waals surface area contributed by atoms with E-state index in [1.807, 2.05) is 0 Å². The molecule has 1 aliphatic heterocycles. The van der Waals surface area contributed by atoms with Gasteiger partial charge in [0.05, 0.1) is 6.61 Å². The molecule has 0 radical (unpaired) electrons. The summed E-state index contributed by atoms with van der Waals surface area (Å²) in [5.74, 6) is -0.335. The van der Waals surface area contributed by atoms with Gasteiger partial charge in [-0.05, 0) is 25.3 Å². The van der Waals surface area contributed by atoms with E-state index < -0.39 is 5.54 Å². The number of allylic oxidation sites excluding steroid dienone is 2. The molecule has 1 heterocycles. The van der Waals surface area contributed by atoms with Crippen molar-refractivity contribution in [1.29, 1.82) is 0 Å². The molecule has 1 atom stereocenters. The standard InChI is InChI=1S/C9H14N2O2/c1-2-13-8(12)9(7-10)5-3-4-6-11-9/h3-6,11H,2,7,10H2,1H3. The molecule has 72 valence electrons. The summed E-state index contributed by atoms with van der Waals surface area (Å²) in [6, 6.07) is 0. The lowest BCUT2D eigenvalue weighted by atomic mass is 9.98. The van der Waals surface area contributed by atoms with Gasteiger partial charge in [-0.15, -0.1) is 0 Å². The Morgan fingerprint density at radius 2 is 2.38 bits per heavy atom. The molecule has 1 unspecified atom stereocenters. The predicted octanol–water partition coefficient (Wildman–Crippen LogP) is -0.0799. The Bertz CT molecular complexity index is 248. The van der Waals surface area contributed by atoms with Gasteiger partial charge < -0.3 is 15.8 Å². The number of carbonyl (C=O) groups is 1. The summed E-state index contributed by atoms with van der Waals surface area (Å²) >= 11 is 0. The summed E-state index contributed by atoms with van der Waals surface area (Å²) in [5.41, 5.74) is 4.65. The van der Waals surface area contributed by atoms with Gasteiger partial charge in [-0.3, -0.25) is 0 Å². The molecule has 4 nitrogen and oxygen atoms in total. The Morgan fingerprint density at radius 3 is 2.85 bits per heavy atom. The molecule has 0 spiro atoms. The number of hydrogen-bond donors (Lipinski definition) is 2. The van der Waals surface area contributed by atoms with Crippen molar-refractivity contribution in [2.75, 3.05) is 13.2 Å². The van der Waals surface area contributed by atoms with Crippen LogP contribution in [0.4, 0.5) is 0 Å². The first kappa shape index (κ1) is 9.80. The molecular weight excluding hydrogens is 168 g/mol. The van der Waals surface area contributed by atoms with E-state index in [1.165, 1.54) is 0 Å². The highest BCUT2D eigenvalue weighted by Gasteiger charge is 2.35. The number of nitrogens with two attached hydrogens (primary N) is 1. The lowest BCUT2D eigenvalue weighted by molar-refractivity contribution is -0.148. The third kappa shape index (κ3) is 1.89. The van der Waals surface area contributed by atoms with Crippen molar-refractivity contribution < 1.29 is 9.53 Å². The molecule has 1 aliphatic rings. The van der Waals surface area contributed by atoms with Crippen molar-refractivity contribution in [2.45, 2.75) is 12.5 Å². The van der Waals surface area contributed by atoms with Gasteiger partial charge >= 0.3 is 5.97 Å². The van der Waals surface area contributed by atoms with Crippen LogP contribution in [0.15, 0.2) is 24.4 Å². The van der Waals surface area contributed by atoms with Crippen molar-refractivity contribution in [3.8, 4) is 0 Å². The smallest absolute Gasteiger partial charge is 0.337 e. The average molecular weight is 182 g/mol. The number of rotatable bonds is 3. The molecule has 0 aromatic carbocycles. The lowest BCUT2D eigenvalue weighted by Gasteiger charge is -2.28. The maximum atomic E-state index is 11.5. The normalized spacial score (nSPS) is 25.4. The van der Waals surface area contributed by atoms with Gasteiger partial charge in [0.2, 0.25) is 0 Å². The minimum Gasteiger partial charge on any atom is -0.464 e. The molecule has 0 saturated heterocycles. The van der Waals surface area contributed by atoms with Crippen LogP contribution in [0, 0.1) is 0 Å². The van der Waals surface area contributed by atoms with Crippen molar-refractivity contribution in [3.05, 3.63) is 24.4 Å². The lowest BCUT2D eigenvalue weighted by Crippen LogP contribution is -2.55. The summed E-state index contributed by atoms with van der Waals surface area (Å²) in [6.45, 7) is 2.32. The summed E-state index contributed by atoms with van der Waals surface area (Å²) in [6.07, 6.45) is 6.97. The summed E-state index contributed by atoms with van der Waals surface area (Å²) < 4.78 is 4.91. The fraction of sp³-hybridized carbons (Fsp3) is 0.444. The average Bonchev–Trinajstić information content (AvgIpc) is 2.19. The zero-order valence-corrected chi connectivity index (χ0v) is 7.62. The van der Waals surface area contributed by atoms with E-state index >= 15 is 0 Å². The molecular formula is C9H14N2O2. The van der Waals surface area contributed by atoms with Gasteiger partial charge in [-0.25, -0.2) is 4.79 Å². The molecule has 0 saturated carbocycles. The van der Waals surface area contributed by atoms with E-state index in [9.17, 15) is 4.79 Å². The maximum Gasteiger partial charge on any atom is 0.337 e. The van der Waals surface area contributed by atoms with E-state index in [1.54, 1.807) is 31.4 Å². The SMILES string of the molecule is CCOC(=O)C1(CN)C=CC=CN1. The Kier molecular flexibility index (Phi) is 3.08. The first-order chi connectivity index (χ1) is 6.25. The third-order valence-corrected chi connectivity index (χ3v) is 1.89. The molecule has 0 amide bonds. The predicted molar refractivity (Wildman–Crippen MR) is 49.8 cm³/mol. The number of hydrogen-bond acceptors (Lipinski definition) is 4. The second-order valence-electron chi connectivity index (χ2n) is 2.76. The Hall–Kier alpha value is -1.29. The van der Waals surface area contributed by atoms with Gasteiger partial charge in [-0.2, -0.15) is 0 Å². The number of nitrogens with one attached hydrogen (secondary N) is 1. The van der Waals surface area contributed by atoms with Gasteiger partial charge in [-0.1, -0.05) is 6.08 Å². The number of dihydropyridines is 1. The van der Waals surface area contributed by atoms with E-state index in [-0.39, 0.29) is 12.5 Å². The quantitative estimate of drug-likeness (QED) is 0.599. The van der Waals surface area contributed by atoms with E-state index in [0.29, 0.717) is 6.61 Å². The minimum absolute atomic E-state index is 0.187. The molecule has 4 heteroatoms. The van der Waals surface area contributed by atoms with E-state index in [2.05, 4.69) is 5.32 Å². The molecule has 0 aromatic rings. The molecule has 1 rings (SSSR count). The molecule has 13 heavy (non-hydrogen) atoms. The zero-order chi connectivity index (χ0) is 9.73. The van der Waals surface area contributed by atoms with Crippen LogP contribution in [0.5, 0.6) is 0 Å². The zero-order valence-electron chi connectivity index (χ0n) is 7.62. The third-order valence-electron chi connectivity index (χ3n) is 1.89. The van der Waals surface area contributed by atoms with Crippen LogP contribution in [0.1, 0.15) is 6.92 Å². The van der Waals surface area contributed by atoms with Gasteiger partial charge in [0.1, 0.15) is 0 Å². The van der Waals surface area contributed by atoms with Crippen LogP contribution in [-0.4, -0.2) is 24.7 Å². The van der Waals surface area contributed by atoms with Crippen LogP contribution in [0.3, 0.4) is 0 Å². The number of esters is 1. The minimum atomic E-state index is -0.870. The number of ether oxygens (including phenoxy) is 1. The van der Waals surface area contributed by atoms with Gasteiger partial charge in [0.25, 0.3) is 0 Å². The van der Waals surface area contributed by atoms with Crippen molar-refractivity contribution in [1.82, 2.24) is 5.32 Å². The first-order valence-corrected chi connectivity index (χ1v) is 4.24. The Labute approximate surface area is 77.4 Å². The van der Waals surface area contributed by atoms with Crippen LogP contribution < -0.4 is 11.1 Å². The highest BCUT2D eigenvalue weighted by atomic mass is 16.5. The van der Waals surface area contributed by atoms with Crippen molar-refractivity contribution >= 4 is 5.97 Å². The summed E-state index contributed by atoms with van der Waals surface area (Å²) in [4.78, 5) is 11.5. The topological polar surface area (TPSA) is 64.3 Å². The second kappa shape index (κ2) is 4.09. The monoisotopic (exact) mass is 182 g/mol.